The summed E-state index contributed by atoms with van der Waals surface area (Å²) in [6.45, 7) is 0.221. The number of primary amides is 1. The fourth-order valence-corrected chi connectivity index (χ4v) is 8.60. The molecule has 3 aromatic heterocycles. The van der Waals surface area contributed by atoms with Crippen LogP contribution in [0.2, 0.25) is 0 Å². The van der Waals surface area contributed by atoms with Crippen molar-refractivity contribution in [1.29, 1.82) is 0 Å². The zero-order valence-electron chi connectivity index (χ0n) is 39.5. The summed E-state index contributed by atoms with van der Waals surface area (Å²) in [5.41, 5.74) is 32.8. The minimum Gasteiger partial charge on any atom is -0.370 e. The molecule has 1 aliphatic rings. The van der Waals surface area contributed by atoms with Gasteiger partial charge in [-0.2, -0.15) is 0 Å². The lowest BCUT2D eigenvalue weighted by Gasteiger charge is -2.27. The van der Waals surface area contributed by atoms with E-state index in [0.29, 0.717) is 11.5 Å². The lowest BCUT2D eigenvalue weighted by Crippen LogP contribution is -2.59. The third-order valence-electron chi connectivity index (χ3n) is 12.3. The number of aliphatic imine (C=N–C) groups is 2. The van der Waals surface area contributed by atoms with E-state index in [1.54, 1.807) is 44.3 Å². The second kappa shape index (κ2) is 24.5. The maximum atomic E-state index is 14.8. The Bertz CT molecular complexity index is 2920. The molecule has 21 nitrogen and oxygen atoms in total. The van der Waals surface area contributed by atoms with E-state index in [9.17, 15) is 28.8 Å². The van der Waals surface area contributed by atoms with Crippen molar-refractivity contribution >= 4 is 80.1 Å². The monoisotopic (exact) mass is 978 g/mol. The summed E-state index contributed by atoms with van der Waals surface area (Å²) in [7, 11) is 0. The maximum Gasteiger partial charge on any atom is 0.243 e. The molecule has 21 heteroatoms. The molecule has 375 valence electrons. The van der Waals surface area contributed by atoms with Crippen molar-refractivity contribution < 1.29 is 28.8 Å². The Kier molecular flexibility index (Phi) is 17.5. The number of hydrogen-bond acceptors (Lipinski definition) is 8. The van der Waals surface area contributed by atoms with Crippen LogP contribution in [0.25, 0.3) is 32.7 Å². The van der Waals surface area contributed by atoms with E-state index in [0.717, 1.165) is 43.8 Å². The van der Waals surface area contributed by atoms with Crippen LogP contribution in [0.3, 0.4) is 0 Å². The Morgan fingerprint density at radius 1 is 0.458 bits per heavy atom. The standard InChI is InChI=1S/C51H60N15O6/c52-44(67)41(23-30-26-59-36-16-6-3-13-33(30)36)64-46(69)39(19-9-21-57-50(53)54)62-49(72)43(25-32-28-61-38-18-8-5-15-35(32)38)66-47(70)40(20-10-22-58-51(55)56)63-48(71)42(65-45(68)29-11-1-2-12-29)24-31-27-60-37-17-7-4-14-34(31)37/h1-8,11-18,26-28,39-43,59-61H,9-10,19-25H2,(H2,52,67)(H,62,72)(H,63,71)(H,64,69)(H,65,68)(H,66,70)(H4,53,54,57)(H4,55,56,58)/t39-,40-,41-,42-,43-/m0/s1. The Labute approximate surface area is 415 Å². The fraction of sp³-hybridized carbons (Fsp3) is 0.275. The van der Waals surface area contributed by atoms with Crippen molar-refractivity contribution in [3.63, 3.8) is 0 Å². The number of nitrogens with zero attached hydrogens (tertiary/aromatic N) is 2. The van der Waals surface area contributed by atoms with Crippen molar-refractivity contribution in [3.05, 3.63) is 140 Å². The summed E-state index contributed by atoms with van der Waals surface area (Å²) in [5, 5.41) is 16.6. The summed E-state index contributed by atoms with van der Waals surface area (Å²) < 4.78 is 0. The number of nitrogens with one attached hydrogen (secondary N) is 8. The average Bonchev–Trinajstić information content (AvgIpc) is 4.21. The number of aromatic nitrogens is 3. The Hall–Kier alpha value is -8.36. The highest BCUT2D eigenvalue weighted by Crippen LogP contribution is 2.25. The van der Waals surface area contributed by atoms with Crippen molar-refractivity contribution in [2.75, 3.05) is 13.1 Å². The minimum absolute atomic E-state index is 0.00708. The highest BCUT2D eigenvalue weighted by molar-refractivity contribution is 6.01. The van der Waals surface area contributed by atoms with Gasteiger partial charge in [-0.1, -0.05) is 54.6 Å². The Morgan fingerprint density at radius 3 is 1.21 bits per heavy atom. The second-order valence-corrected chi connectivity index (χ2v) is 17.4. The van der Waals surface area contributed by atoms with Gasteiger partial charge in [0.05, 0.1) is 5.92 Å². The first-order chi connectivity index (χ1) is 34.7. The lowest BCUT2D eigenvalue weighted by atomic mass is 10.0. The van der Waals surface area contributed by atoms with E-state index in [1.807, 2.05) is 72.8 Å². The summed E-state index contributed by atoms with van der Waals surface area (Å²) in [4.78, 5) is 102. The quantitative estimate of drug-likeness (QED) is 0.0215. The first-order valence-corrected chi connectivity index (χ1v) is 23.5. The largest absolute Gasteiger partial charge is 0.370 e. The van der Waals surface area contributed by atoms with Gasteiger partial charge in [0.15, 0.2) is 11.9 Å². The number of amides is 6. The summed E-state index contributed by atoms with van der Waals surface area (Å²) in [5.74, 6) is -4.18. The highest BCUT2D eigenvalue weighted by Gasteiger charge is 2.35. The summed E-state index contributed by atoms with van der Waals surface area (Å²) in [6, 6.07) is 16.2. The lowest BCUT2D eigenvalue weighted by molar-refractivity contribution is -0.135. The van der Waals surface area contributed by atoms with Crippen LogP contribution < -0.4 is 55.3 Å². The molecule has 6 amide bonds. The fourth-order valence-electron chi connectivity index (χ4n) is 8.60. The number of rotatable bonds is 25. The molecule has 1 fully saturated rings. The zero-order chi connectivity index (χ0) is 51.1. The number of guanidine groups is 2. The van der Waals surface area contributed by atoms with Gasteiger partial charge in [0.2, 0.25) is 35.4 Å². The van der Waals surface area contributed by atoms with Gasteiger partial charge in [0.25, 0.3) is 0 Å². The van der Waals surface area contributed by atoms with Crippen molar-refractivity contribution in [1.82, 2.24) is 41.5 Å². The minimum atomic E-state index is -1.35. The van der Waals surface area contributed by atoms with E-state index in [4.69, 9.17) is 28.7 Å². The third-order valence-corrected chi connectivity index (χ3v) is 12.3. The van der Waals surface area contributed by atoms with Crippen LogP contribution in [0.1, 0.15) is 42.4 Å². The van der Waals surface area contributed by atoms with Crippen LogP contribution in [-0.4, -0.2) is 106 Å². The summed E-state index contributed by atoms with van der Waals surface area (Å²) >= 11 is 0. The second-order valence-electron chi connectivity index (χ2n) is 17.4. The van der Waals surface area contributed by atoms with Gasteiger partial charge in [-0.05, 0) is 86.3 Å². The first-order valence-electron chi connectivity index (χ1n) is 23.5. The average molecular weight is 979 g/mol. The number of hydrogen-bond donors (Lipinski definition) is 13. The number of fused-ring (bicyclic) bond motifs is 3. The van der Waals surface area contributed by atoms with Crippen molar-refractivity contribution in [2.24, 2.45) is 38.7 Å². The molecule has 0 bridgehead atoms. The van der Waals surface area contributed by atoms with E-state index >= 15 is 0 Å². The molecule has 0 unspecified atom stereocenters. The first kappa shape index (κ1) is 51.5. The van der Waals surface area contributed by atoms with E-state index in [2.05, 4.69) is 51.5 Å². The van der Waals surface area contributed by atoms with E-state index < -0.39 is 65.7 Å². The SMILES string of the molecule is NC(=O)[C@H](Cc1c[nH]c2ccccc12)NC(=O)[C@H](CCCN=C(N)N)NC(=O)[C@H](Cc1c[nH]c2ccccc12)NC(=O)[C@H](CCCN=C(N)N)NC(=O)[C@H](Cc1c[nH]c2ccccc12)NC(=O)[C]1[CH][CH][CH][CH]1. The number of benzene rings is 3. The molecule has 1 saturated carbocycles. The van der Waals surface area contributed by atoms with Crippen LogP contribution in [0.4, 0.5) is 0 Å². The van der Waals surface area contributed by atoms with Gasteiger partial charge in [0, 0.05) is 83.7 Å². The van der Waals surface area contributed by atoms with Gasteiger partial charge in [-0.3, -0.25) is 38.8 Å². The molecule has 1 aliphatic carbocycles. The molecule has 3 aromatic carbocycles. The summed E-state index contributed by atoms with van der Waals surface area (Å²) in [6.07, 6.45) is 12.4. The maximum absolute atomic E-state index is 14.8. The number of carbonyl (C=O) groups is 6. The normalized spacial score (nSPS) is 14.7. The van der Waals surface area contributed by atoms with Gasteiger partial charge in [-0.25, -0.2) is 0 Å². The van der Waals surface area contributed by atoms with E-state index in [1.165, 1.54) is 0 Å². The molecular formula is C51H60N15O6. The van der Waals surface area contributed by atoms with Crippen molar-refractivity contribution in [3.8, 4) is 0 Å². The van der Waals surface area contributed by atoms with Crippen LogP contribution in [-0.2, 0) is 48.0 Å². The Morgan fingerprint density at radius 2 is 0.806 bits per heavy atom. The highest BCUT2D eigenvalue weighted by atomic mass is 16.2. The smallest absolute Gasteiger partial charge is 0.243 e. The topological polar surface area (TPSA) is 365 Å². The molecule has 0 aliphatic heterocycles. The van der Waals surface area contributed by atoms with E-state index in [-0.39, 0.29) is 70.0 Å². The number of nitrogens with two attached hydrogens (primary N) is 5. The van der Waals surface area contributed by atoms with Gasteiger partial charge in [-0.15, -0.1) is 0 Å². The molecular weight excluding hydrogens is 919 g/mol. The van der Waals surface area contributed by atoms with Gasteiger partial charge >= 0.3 is 0 Å². The molecule has 0 spiro atoms. The molecule has 18 N–H and O–H groups in total. The molecule has 72 heavy (non-hydrogen) atoms. The molecule has 0 saturated heterocycles. The van der Waals surface area contributed by atoms with Gasteiger partial charge in [0.1, 0.15) is 30.2 Å². The van der Waals surface area contributed by atoms with Crippen LogP contribution >= 0.6 is 0 Å². The van der Waals surface area contributed by atoms with Crippen molar-refractivity contribution in [2.45, 2.75) is 75.2 Å². The zero-order valence-corrected chi connectivity index (χ0v) is 39.5. The Balaban J connectivity index is 1.16. The molecule has 5 radical (unpaired) electrons. The van der Waals surface area contributed by atoms with Crippen LogP contribution in [0.5, 0.6) is 0 Å². The predicted molar refractivity (Wildman–Crippen MR) is 275 cm³/mol. The molecule has 7 rings (SSSR count). The molecule has 3 heterocycles. The number of aromatic amines is 3. The predicted octanol–water partition coefficient (Wildman–Crippen LogP) is 0.580. The van der Waals surface area contributed by atoms with Gasteiger partial charge < -0.3 is 70.2 Å². The number of para-hydroxylation sites is 3. The third kappa shape index (κ3) is 13.7. The van der Waals surface area contributed by atoms with Crippen LogP contribution in [0, 0.1) is 31.6 Å². The molecule has 6 aromatic rings. The number of H-pyrrole nitrogens is 3. The molecule has 5 atom stereocenters. The number of carbonyl (C=O) groups excluding carboxylic acids is 6. The van der Waals surface area contributed by atoms with Crippen LogP contribution in [0.15, 0.2) is 101 Å².